The number of hydrogen-bond acceptors (Lipinski definition) is 7. The minimum Gasteiger partial charge on any atom is -0.390 e. The van der Waals surface area contributed by atoms with Crippen molar-refractivity contribution in [1.29, 1.82) is 0 Å². The first-order valence-electron chi connectivity index (χ1n) is 15.0. The highest BCUT2D eigenvalue weighted by Crippen LogP contribution is 2.22. The molecule has 4 atom stereocenters. The van der Waals surface area contributed by atoms with Crippen LogP contribution in [0.2, 0.25) is 0 Å². The van der Waals surface area contributed by atoms with Crippen molar-refractivity contribution in [2.45, 2.75) is 44.5 Å². The second kappa shape index (κ2) is 15.6. The Labute approximate surface area is 270 Å². The van der Waals surface area contributed by atoms with Gasteiger partial charge in [0.15, 0.2) is 0 Å². The lowest BCUT2D eigenvalue weighted by molar-refractivity contribution is 0.0825. The summed E-state index contributed by atoms with van der Waals surface area (Å²) in [6, 6.07) is 25.8. The summed E-state index contributed by atoms with van der Waals surface area (Å²) in [7, 11) is -2.35. The summed E-state index contributed by atoms with van der Waals surface area (Å²) in [5.74, 6) is -1.03. The number of sulfonamides is 1. The number of nitrogens with one attached hydrogen (secondary N) is 3. The predicted molar refractivity (Wildman–Crippen MR) is 180 cm³/mol. The predicted octanol–water partition coefficient (Wildman–Crippen LogP) is 4.02. The van der Waals surface area contributed by atoms with Crippen molar-refractivity contribution in [3.8, 4) is 0 Å². The molecule has 4 unspecified atom stereocenters. The van der Waals surface area contributed by atoms with Gasteiger partial charge < -0.3 is 21.1 Å². The molecule has 1 aromatic heterocycles. The maximum atomic E-state index is 13.8. The standard InChI is InChI=1S/C35H41N5O5S/c1-24(28-16-11-17-36-22-28)37-23-33(41)32(18-26-12-7-5-8-13-26)39-35(43)30-19-29(20-31(21-30)40(3)46(4,44)45)34(42)38-25(2)27-14-9-6-10-15-27/h5-17,19-22,24-25,32-33,37,41H,18,23H2,1-4H3,(H,38,42)(H,39,43). The number of aromatic nitrogens is 1. The summed E-state index contributed by atoms with van der Waals surface area (Å²) in [5.41, 5.74) is 3.10. The van der Waals surface area contributed by atoms with E-state index in [1.165, 1.54) is 25.2 Å². The third-order valence-corrected chi connectivity index (χ3v) is 9.05. The van der Waals surface area contributed by atoms with Gasteiger partial charge in [-0.15, -0.1) is 0 Å². The van der Waals surface area contributed by atoms with E-state index in [0.29, 0.717) is 6.42 Å². The lowest BCUT2D eigenvalue weighted by Crippen LogP contribution is -2.49. The van der Waals surface area contributed by atoms with Crippen molar-refractivity contribution in [2.75, 3.05) is 24.2 Å². The number of benzene rings is 3. The molecule has 4 N–H and O–H groups in total. The summed E-state index contributed by atoms with van der Waals surface area (Å²) >= 11 is 0. The molecule has 0 fully saturated rings. The van der Waals surface area contributed by atoms with Crippen LogP contribution in [0.15, 0.2) is 103 Å². The van der Waals surface area contributed by atoms with Gasteiger partial charge in [-0.2, -0.15) is 0 Å². The summed E-state index contributed by atoms with van der Waals surface area (Å²) in [6.45, 7) is 3.98. The Bertz CT molecular complexity index is 1710. The summed E-state index contributed by atoms with van der Waals surface area (Å²) in [5, 5.41) is 20.5. The summed E-state index contributed by atoms with van der Waals surface area (Å²) in [4.78, 5) is 31.4. The molecule has 11 heteroatoms. The Morgan fingerprint density at radius 3 is 2.00 bits per heavy atom. The van der Waals surface area contributed by atoms with Gasteiger partial charge in [-0.1, -0.05) is 66.7 Å². The molecule has 4 rings (SSSR count). The molecule has 0 aliphatic rings. The van der Waals surface area contributed by atoms with Gasteiger partial charge in [0, 0.05) is 43.2 Å². The monoisotopic (exact) mass is 643 g/mol. The maximum Gasteiger partial charge on any atom is 0.251 e. The second-order valence-corrected chi connectivity index (χ2v) is 13.4. The van der Waals surface area contributed by atoms with Gasteiger partial charge in [0.25, 0.3) is 11.8 Å². The molecule has 0 aliphatic heterocycles. The third kappa shape index (κ3) is 9.46. The van der Waals surface area contributed by atoms with Crippen LogP contribution in [-0.2, 0) is 16.4 Å². The van der Waals surface area contributed by atoms with E-state index in [1.807, 2.05) is 86.6 Å². The second-order valence-electron chi connectivity index (χ2n) is 11.4. The molecule has 1 heterocycles. The van der Waals surface area contributed by atoms with E-state index in [1.54, 1.807) is 12.4 Å². The molecule has 2 amide bonds. The Morgan fingerprint density at radius 1 is 0.826 bits per heavy atom. The van der Waals surface area contributed by atoms with Gasteiger partial charge in [0.2, 0.25) is 10.0 Å². The zero-order valence-corrected chi connectivity index (χ0v) is 27.2. The zero-order chi connectivity index (χ0) is 33.3. The molecule has 4 aromatic rings. The number of amides is 2. The molecule has 0 saturated heterocycles. The van der Waals surface area contributed by atoms with Gasteiger partial charge in [-0.05, 0) is 61.2 Å². The SMILES string of the molecule is CC(NCC(O)C(Cc1ccccc1)NC(=O)c1cc(C(=O)NC(C)c2ccccc2)cc(N(C)S(C)(=O)=O)c1)c1cccnc1. The van der Waals surface area contributed by atoms with Gasteiger partial charge in [-0.25, -0.2) is 8.42 Å². The van der Waals surface area contributed by atoms with Crippen molar-refractivity contribution in [2.24, 2.45) is 0 Å². The van der Waals surface area contributed by atoms with E-state index in [-0.39, 0.29) is 35.4 Å². The number of carbonyl (C=O) groups excluding carboxylic acids is 2. The van der Waals surface area contributed by atoms with Crippen molar-refractivity contribution >= 4 is 27.5 Å². The Morgan fingerprint density at radius 2 is 1.41 bits per heavy atom. The molecule has 0 saturated carbocycles. The molecular weight excluding hydrogens is 602 g/mol. The smallest absolute Gasteiger partial charge is 0.251 e. The van der Waals surface area contributed by atoms with E-state index in [9.17, 15) is 23.1 Å². The topological polar surface area (TPSA) is 141 Å². The van der Waals surface area contributed by atoms with Crippen LogP contribution in [0.3, 0.4) is 0 Å². The van der Waals surface area contributed by atoms with E-state index < -0.39 is 34.0 Å². The van der Waals surface area contributed by atoms with E-state index in [0.717, 1.165) is 27.3 Å². The Hall–Kier alpha value is -4.58. The minimum atomic E-state index is -3.71. The first-order chi connectivity index (χ1) is 21.9. The van der Waals surface area contributed by atoms with Crippen LogP contribution in [0.25, 0.3) is 0 Å². The highest BCUT2D eigenvalue weighted by Gasteiger charge is 2.25. The lowest BCUT2D eigenvalue weighted by Gasteiger charge is -2.27. The largest absolute Gasteiger partial charge is 0.390 e. The number of hydrogen-bond donors (Lipinski definition) is 4. The normalized spacial score (nSPS) is 14.0. The van der Waals surface area contributed by atoms with Crippen LogP contribution in [0, 0.1) is 0 Å². The van der Waals surface area contributed by atoms with Crippen LogP contribution in [0.1, 0.15) is 63.3 Å². The first kappa shape index (κ1) is 34.3. The van der Waals surface area contributed by atoms with Crippen molar-refractivity contribution < 1.29 is 23.1 Å². The van der Waals surface area contributed by atoms with Gasteiger partial charge in [0.1, 0.15) is 0 Å². The molecule has 3 aromatic carbocycles. The number of aliphatic hydroxyl groups excluding tert-OH is 1. The van der Waals surface area contributed by atoms with Gasteiger partial charge in [-0.3, -0.25) is 18.9 Å². The fourth-order valence-electron chi connectivity index (χ4n) is 4.94. The Kier molecular flexibility index (Phi) is 11.6. The number of carbonyl (C=O) groups is 2. The number of anilines is 1. The third-order valence-electron chi connectivity index (χ3n) is 7.85. The lowest BCUT2D eigenvalue weighted by atomic mass is 9.99. The Balaban J connectivity index is 1.60. The molecule has 0 aliphatic carbocycles. The average Bonchev–Trinajstić information content (AvgIpc) is 3.06. The van der Waals surface area contributed by atoms with Crippen molar-refractivity contribution in [3.05, 3.63) is 131 Å². The average molecular weight is 644 g/mol. The van der Waals surface area contributed by atoms with Crippen LogP contribution < -0.4 is 20.3 Å². The van der Waals surface area contributed by atoms with Gasteiger partial charge >= 0.3 is 0 Å². The number of nitrogens with zero attached hydrogens (tertiary/aromatic N) is 2. The van der Waals surface area contributed by atoms with Crippen LogP contribution in [-0.4, -0.2) is 62.3 Å². The van der Waals surface area contributed by atoms with E-state index in [4.69, 9.17) is 0 Å². The summed E-state index contributed by atoms with van der Waals surface area (Å²) < 4.78 is 25.9. The van der Waals surface area contributed by atoms with E-state index in [2.05, 4.69) is 20.9 Å². The van der Waals surface area contributed by atoms with E-state index >= 15 is 0 Å². The molecule has 242 valence electrons. The quantitative estimate of drug-likeness (QED) is 0.163. The molecule has 10 nitrogen and oxygen atoms in total. The van der Waals surface area contributed by atoms with Crippen LogP contribution in [0.4, 0.5) is 5.69 Å². The number of rotatable bonds is 14. The van der Waals surface area contributed by atoms with Gasteiger partial charge in [0.05, 0.1) is 30.1 Å². The number of aliphatic hydroxyl groups is 1. The number of pyridine rings is 1. The van der Waals surface area contributed by atoms with Crippen molar-refractivity contribution in [3.63, 3.8) is 0 Å². The molecule has 0 spiro atoms. The molecular formula is C35H41N5O5S. The highest BCUT2D eigenvalue weighted by molar-refractivity contribution is 7.92. The van der Waals surface area contributed by atoms with Crippen LogP contribution >= 0.6 is 0 Å². The minimum absolute atomic E-state index is 0.0764. The fraction of sp³-hybridized carbons (Fsp3) is 0.286. The highest BCUT2D eigenvalue weighted by atomic mass is 32.2. The fourth-order valence-corrected chi connectivity index (χ4v) is 5.43. The first-order valence-corrected chi connectivity index (χ1v) is 16.9. The molecule has 0 radical (unpaired) electrons. The van der Waals surface area contributed by atoms with Crippen LogP contribution in [0.5, 0.6) is 0 Å². The molecule has 46 heavy (non-hydrogen) atoms. The molecule has 0 bridgehead atoms. The maximum absolute atomic E-state index is 13.8. The summed E-state index contributed by atoms with van der Waals surface area (Å²) in [6.07, 6.45) is 3.84. The zero-order valence-electron chi connectivity index (χ0n) is 26.4. The van der Waals surface area contributed by atoms with Crippen molar-refractivity contribution in [1.82, 2.24) is 20.9 Å².